The molecule has 2 aromatic carbocycles. The third-order valence-electron chi connectivity index (χ3n) is 6.64. The molecule has 9 nitrogen and oxygen atoms in total. The van der Waals surface area contributed by atoms with Gasteiger partial charge in [0.05, 0.1) is 12.2 Å². The van der Waals surface area contributed by atoms with Crippen LogP contribution >= 0.6 is 0 Å². The molecule has 9 heteroatoms. The van der Waals surface area contributed by atoms with E-state index in [1.807, 2.05) is 47.5 Å². The van der Waals surface area contributed by atoms with Gasteiger partial charge in [-0.1, -0.05) is 30.3 Å². The van der Waals surface area contributed by atoms with Crippen LogP contribution in [-0.2, 0) is 15.2 Å². The van der Waals surface area contributed by atoms with Crippen molar-refractivity contribution in [2.24, 2.45) is 0 Å². The number of ether oxygens (including phenoxy) is 1. The fourth-order valence-corrected chi connectivity index (χ4v) is 4.35. The zero-order valence-electron chi connectivity index (χ0n) is 21.1. The second kappa shape index (κ2) is 12.6. The van der Waals surface area contributed by atoms with E-state index in [1.54, 1.807) is 6.20 Å². The number of aryl methyl sites for hydroxylation is 2. The number of aliphatic hydroxyl groups excluding tert-OH is 1. The third-order valence-corrected chi connectivity index (χ3v) is 6.64. The lowest BCUT2D eigenvalue weighted by atomic mass is 9.83. The van der Waals surface area contributed by atoms with E-state index < -0.39 is 30.2 Å². The summed E-state index contributed by atoms with van der Waals surface area (Å²) in [4.78, 5) is 25.2. The molecule has 1 aliphatic rings. The fourth-order valence-electron chi connectivity index (χ4n) is 4.35. The Morgan fingerprint density at radius 1 is 1.03 bits per heavy atom. The summed E-state index contributed by atoms with van der Waals surface area (Å²) in [6.07, 6.45) is 3.89. The lowest BCUT2D eigenvalue weighted by Gasteiger charge is -2.40. The van der Waals surface area contributed by atoms with Crippen molar-refractivity contribution in [2.75, 3.05) is 19.7 Å². The Kier molecular flexibility index (Phi) is 9.57. The van der Waals surface area contributed by atoms with E-state index >= 15 is 0 Å². The van der Waals surface area contributed by atoms with Gasteiger partial charge in [-0.05, 0) is 55.3 Å². The molecule has 0 bridgehead atoms. The molecule has 1 aliphatic heterocycles. The van der Waals surface area contributed by atoms with Crippen molar-refractivity contribution in [1.29, 1.82) is 0 Å². The van der Waals surface area contributed by atoms with E-state index in [1.165, 1.54) is 11.1 Å². The molecule has 4 N–H and O–H groups in total. The van der Waals surface area contributed by atoms with Crippen LogP contribution in [0.1, 0.15) is 42.4 Å². The number of aromatic nitrogens is 1. The maximum absolute atomic E-state index is 11.3. The van der Waals surface area contributed by atoms with Gasteiger partial charge in [-0.15, -0.1) is 0 Å². The first-order valence-corrected chi connectivity index (χ1v) is 12.2. The highest BCUT2D eigenvalue weighted by atomic mass is 16.5. The van der Waals surface area contributed by atoms with Crippen LogP contribution in [0.3, 0.4) is 0 Å². The Balaban J connectivity index is 0.000000479. The van der Waals surface area contributed by atoms with Gasteiger partial charge in [0.25, 0.3) is 0 Å². The lowest BCUT2D eigenvalue weighted by Crippen LogP contribution is -2.47. The monoisotopic (exact) mass is 510 g/mol. The Morgan fingerprint density at radius 3 is 2.32 bits per heavy atom. The standard InChI is InChI=1S/C25H30N2O3.C3H4O4/c1-18-7-8-21(15-19(18)2)30-14-9-24(28)27-12-10-25(29,11-13-27)23-17-26-16-20-5-3-4-6-22(20)23;4-2(5)1-3(6)7/h3-8,15-17,24,28-29H,9-14H2,1-2H3;1H2,(H,4,5)(H,6,7). The number of fused-ring (bicyclic) bond motifs is 1. The number of carboxylic acids is 2. The molecule has 1 atom stereocenters. The summed E-state index contributed by atoms with van der Waals surface area (Å²) in [6.45, 7) is 5.86. The quantitative estimate of drug-likeness (QED) is 0.335. The second-order valence-electron chi connectivity index (χ2n) is 9.30. The number of hydrogen-bond acceptors (Lipinski definition) is 7. The minimum absolute atomic E-state index is 0.456. The van der Waals surface area contributed by atoms with E-state index in [9.17, 15) is 19.8 Å². The minimum Gasteiger partial charge on any atom is -0.493 e. The highest BCUT2D eigenvalue weighted by Gasteiger charge is 2.37. The Bertz CT molecular complexity index is 1200. The summed E-state index contributed by atoms with van der Waals surface area (Å²) >= 11 is 0. The maximum atomic E-state index is 11.3. The molecular formula is C28H34N2O7. The zero-order chi connectivity index (χ0) is 27.0. The first kappa shape index (κ1) is 28.0. The molecule has 1 saturated heterocycles. The normalized spacial score (nSPS) is 15.9. The van der Waals surface area contributed by atoms with Crippen molar-refractivity contribution >= 4 is 22.7 Å². The van der Waals surface area contributed by atoms with Crippen LogP contribution in [0, 0.1) is 13.8 Å². The molecule has 0 aliphatic carbocycles. The number of likely N-dealkylation sites (tertiary alicyclic amines) is 1. The van der Waals surface area contributed by atoms with Crippen molar-refractivity contribution in [2.45, 2.75) is 51.4 Å². The highest BCUT2D eigenvalue weighted by molar-refractivity contribution is 5.88. The summed E-state index contributed by atoms with van der Waals surface area (Å²) in [7, 11) is 0. The molecule has 198 valence electrons. The Morgan fingerprint density at radius 2 is 1.70 bits per heavy atom. The van der Waals surface area contributed by atoms with E-state index in [-0.39, 0.29) is 0 Å². The second-order valence-corrected chi connectivity index (χ2v) is 9.30. The molecule has 2 heterocycles. The van der Waals surface area contributed by atoms with Gasteiger partial charge in [-0.3, -0.25) is 19.5 Å². The van der Waals surface area contributed by atoms with Gasteiger partial charge in [-0.25, -0.2) is 0 Å². The molecule has 0 amide bonds. The van der Waals surface area contributed by atoms with Crippen molar-refractivity contribution in [1.82, 2.24) is 9.88 Å². The number of carboxylic acid groups (broad SMARTS) is 2. The average Bonchev–Trinajstić information content (AvgIpc) is 2.86. The van der Waals surface area contributed by atoms with Crippen molar-refractivity contribution < 1.29 is 34.8 Å². The molecule has 37 heavy (non-hydrogen) atoms. The van der Waals surface area contributed by atoms with Gasteiger partial charge in [0.1, 0.15) is 18.4 Å². The number of benzene rings is 2. The number of hydrogen-bond donors (Lipinski definition) is 4. The lowest BCUT2D eigenvalue weighted by molar-refractivity contribution is -0.147. The molecule has 0 radical (unpaired) electrons. The number of nitrogens with zero attached hydrogens (tertiary/aromatic N) is 2. The minimum atomic E-state index is -1.31. The topological polar surface area (TPSA) is 140 Å². The Labute approximate surface area is 216 Å². The van der Waals surface area contributed by atoms with Crippen LogP contribution in [0.2, 0.25) is 0 Å². The molecule has 1 unspecified atom stereocenters. The third kappa shape index (κ3) is 7.72. The van der Waals surface area contributed by atoms with Crippen molar-refractivity contribution in [3.63, 3.8) is 0 Å². The summed E-state index contributed by atoms with van der Waals surface area (Å²) in [6, 6.07) is 14.1. The highest BCUT2D eigenvalue weighted by Crippen LogP contribution is 2.36. The van der Waals surface area contributed by atoms with Crippen LogP contribution in [-0.4, -0.2) is 68.2 Å². The molecule has 1 aromatic heterocycles. The van der Waals surface area contributed by atoms with Crippen LogP contribution < -0.4 is 4.74 Å². The van der Waals surface area contributed by atoms with Crippen LogP contribution in [0.4, 0.5) is 0 Å². The molecule has 0 spiro atoms. The number of rotatable bonds is 8. The number of aliphatic hydroxyl groups is 2. The van der Waals surface area contributed by atoms with Crippen LogP contribution in [0.15, 0.2) is 54.9 Å². The molecular weight excluding hydrogens is 476 g/mol. The zero-order valence-corrected chi connectivity index (χ0v) is 21.1. The fraction of sp³-hybridized carbons (Fsp3) is 0.393. The summed E-state index contributed by atoms with van der Waals surface area (Å²) in [5, 5.41) is 39.4. The van der Waals surface area contributed by atoms with Gasteiger partial charge in [-0.2, -0.15) is 0 Å². The van der Waals surface area contributed by atoms with Crippen molar-refractivity contribution in [3.05, 3.63) is 71.5 Å². The van der Waals surface area contributed by atoms with Gasteiger partial charge in [0, 0.05) is 42.9 Å². The molecule has 0 saturated carbocycles. The smallest absolute Gasteiger partial charge is 0.314 e. The number of aliphatic carboxylic acids is 2. The number of piperidine rings is 1. The van der Waals surface area contributed by atoms with E-state index in [4.69, 9.17) is 14.9 Å². The van der Waals surface area contributed by atoms with Gasteiger partial charge >= 0.3 is 11.9 Å². The van der Waals surface area contributed by atoms with E-state index in [0.717, 1.165) is 22.1 Å². The van der Waals surface area contributed by atoms with Gasteiger partial charge in [0.15, 0.2) is 0 Å². The average molecular weight is 511 g/mol. The number of pyridine rings is 1. The van der Waals surface area contributed by atoms with Crippen molar-refractivity contribution in [3.8, 4) is 5.75 Å². The maximum Gasteiger partial charge on any atom is 0.314 e. The van der Waals surface area contributed by atoms with Crippen LogP contribution in [0.5, 0.6) is 5.75 Å². The summed E-state index contributed by atoms with van der Waals surface area (Å²) in [5.41, 5.74) is 2.41. The molecule has 1 fully saturated rings. The van der Waals surface area contributed by atoms with Gasteiger partial charge in [0.2, 0.25) is 0 Å². The van der Waals surface area contributed by atoms with Gasteiger partial charge < -0.3 is 25.2 Å². The van der Waals surface area contributed by atoms with E-state index in [0.29, 0.717) is 39.0 Å². The van der Waals surface area contributed by atoms with E-state index in [2.05, 4.69) is 24.9 Å². The molecule has 3 aromatic rings. The predicted molar refractivity (Wildman–Crippen MR) is 138 cm³/mol. The largest absolute Gasteiger partial charge is 0.493 e. The first-order chi connectivity index (χ1) is 17.6. The summed E-state index contributed by atoms with van der Waals surface area (Å²) in [5.74, 6) is -1.79. The Hall–Kier alpha value is -3.53. The number of carbonyl (C=O) groups is 2. The molecule has 4 rings (SSSR count). The first-order valence-electron chi connectivity index (χ1n) is 12.2. The van der Waals surface area contributed by atoms with Crippen LogP contribution in [0.25, 0.3) is 10.8 Å². The summed E-state index contributed by atoms with van der Waals surface area (Å²) < 4.78 is 5.82. The SMILES string of the molecule is Cc1ccc(OCCC(O)N2CCC(O)(c3cncc4ccccc34)CC2)cc1C.O=C(O)CC(=O)O. The predicted octanol–water partition coefficient (Wildman–Crippen LogP) is 3.47.